The van der Waals surface area contributed by atoms with Crippen molar-refractivity contribution in [3.63, 3.8) is 0 Å². The molecule has 4 amide bonds. The van der Waals surface area contributed by atoms with Gasteiger partial charge in [0.2, 0.25) is 0 Å². The number of benzene rings is 2. The number of carbonyl (C=O) groups is 4. The fourth-order valence-corrected chi connectivity index (χ4v) is 4.94. The number of hydrogen-bond donors (Lipinski definition) is 2. The molecule has 0 radical (unpaired) electrons. The molecule has 3 N–H and O–H groups in total. The predicted octanol–water partition coefficient (Wildman–Crippen LogP) is 0.590. The van der Waals surface area contributed by atoms with Gasteiger partial charge in [0.05, 0.1) is 121 Å². The summed E-state index contributed by atoms with van der Waals surface area (Å²) in [6.07, 6.45) is 0. The number of nitrogens with zero attached hydrogens (tertiary/aromatic N) is 2. The van der Waals surface area contributed by atoms with Crippen LogP contribution in [0.5, 0.6) is 0 Å². The number of hydrogen-bond acceptors (Lipinski definition) is 14. The molecule has 16 nitrogen and oxygen atoms in total. The first-order chi connectivity index (χ1) is 24.0. The van der Waals surface area contributed by atoms with Gasteiger partial charge in [-0.3, -0.25) is 28.9 Å². The Morgan fingerprint density at radius 3 is 1.63 bits per heavy atom. The van der Waals surface area contributed by atoms with Crippen LogP contribution in [0.3, 0.4) is 0 Å². The third-order valence-electron chi connectivity index (χ3n) is 7.32. The normalized spacial score (nSPS) is 14.0. The van der Waals surface area contributed by atoms with E-state index in [4.69, 9.17) is 39.2 Å². The van der Waals surface area contributed by atoms with Crippen LogP contribution in [0.2, 0.25) is 0 Å². The highest BCUT2D eigenvalue weighted by Crippen LogP contribution is 2.26. The van der Waals surface area contributed by atoms with Gasteiger partial charge in [0.1, 0.15) is 0 Å². The van der Waals surface area contributed by atoms with Gasteiger partial charge in [-0.15, -0.1) is 5.06 Å². The number of nitrogens with two attached hydrogens (primary N) is 1. The summed E-state index contributed by atoms with van der Waals surface area (Å²) in [6, 6.07) is 11.8. The summed E-state index contributed by atoms with van der Waals surface area (Å²) in [6.45, 7) is 5.65. The first kappa shape index (κ1) is 38.1. The molecule has 0 saturated heterocycles. The van der Waals surface area contributed by atoms with E-state index >= 15 is 0 Å². The van der Waals surface area contributed by atoms with Crippen molar-refractivity contribution in [3.05, 3.63) is 70.3 Å². The van der Waals surface area contributed by atoms with E-state index in [0.29, 0.717) is 94.8 Å². The van der Waals surface area contributed by atoms with Gasteiger partial charge < -0.3 is 38.6 Å². The fourth-order valence-electron chi connectivity index (χ4n) is 4.94. The van der Waals surface area contributed by atoms with Gasteiger partial charge in [-0.05, 0) is 23.8 Å². The minimum Gasteiger partial charge on any atom is -0.378 e. The van der Waals surface area contributed by atoms with Gasteiger partial charge in [0, 0.05) is 13.1 Å². The standard InChI is InChI=1S/C33H44N4O12/c34-48-22-20-46-18-16-44-14-12-42-10-8-35-24-25-4-3-7-28-29(25)33(41)36(30(28)38)9-11-43-13-15-45-17-19-47-21-23-49-37-31(39)26-5-1-2-6-27(26)32(37)40/h1-7,35H,8-24,34H2. The lowest BCUT2D eigenvalue weighted by Crippen LogP contribution is -2.33. The van der Waals surface area contributed by atoms with Crippen LogP contribution in [0.15, 0.2) is 42.5 Å². The Kier molecular flexibility index (Phi) is 16.7. The zero-order valence-corrected chi connectivity index (χ0v) is 27.4. The minimum atomic E-state index is -0.490. The van der Waals surface area contributed by atoms with Gasteiger partial charge in [-0.25, -0.2) is 5.90 Å². The van der Waals surface area contributed by atoms with Gasteiger partial charge in [0.15, 0.2) is 0 Å². The SMILES string of the molecule is NOCCOCCOCCOCCNCc1cccc2c1C(=O)N(CCOCCOCCOCCON1C(=O)c3ccccc3C1=O)C2=O. The average molecular weight is 689 g/mol. The Hall–Kier alpha value is -3.68. The molecule has 0 spiro atoms. The van der Waals surface area contributed by atoms with Crippen molar-refractivity contribution < 1.29 is 57.3 Å². The van der Waals surface area contributed by atoms with Crippen molar-refractivity contribution in [2.24, 2.45) is 5.90 Å². The number of fused-ring (bicyclic) bond motifs is 2. The lowest BCUT2D eigenvalue weighted by atomic mass is 10.0. The molecule has 0 saturated carbocycles. The number of rotatable bonds is 27. The zero-order valence-electron chi connectivity index (χ0n) is 27.4. The third-order valence-corrected chi connectivity index (χ3v) is 7.32. The van der Waals surface area contributed by atoms with Crippen LogP contribution in [0.4, 0.5) is 0 Å². The Morgan fingerprint density at radius 2 is 1.04 bits per heavy atom. The van der Waals surface area contributed by atoms with Gasteiger partial charge in [-0.2, -0.15) is 0 Å². The van der Waals surface area contributed by atoms with Crippen LogP contribution in [0, 0.1) is 0 Å². The minimum absolute atomic E-state index is 0.0291. The smallest absolute Gasteiger partial charge is 0.285 e. The lowest BCUT2D eigenvalue weighted by molar-refractivity contribution is -0.108. The highest BCUT2D eigenvalue weighted by atomic mass is 16.7. The molecule has 0 aromatic heterocycles. The van der Waals surface area contributed by atoms with E-state index in [1.807, 2.05) is 6.07 Å². The quantitative estimate of drug-likeness (QED) is 0.0754. The summed E-state index contributed by atoms with van der Waals surface area (Å²) in [5.41, 5.74) is 2.17. The molecule has 2 aromatic carbocycles. The highest BCUT2D eigenvalue weighted by Gasteiger charge is 2.37. The van der Waals surface area contributed by atoms with Crippen LogP contribution in [0.1, 0.15) is 47.0 Å². The Labute approximate surface area is 284 Å². The second-order valence-electron chi connectivity index (χ2n) is 10.6. The summed E-state index contributed by atoms with van der Waals surface area (Å²) < 4.78 is 32.7. The fraction of sp³-hybridized carbons (Fsp3) is 0.515. The predicted molar refractivity (Wildman–Crippen MR) is 171 cm³/mol. The Bertz CT molecular complexity index is 1340. The molecule has 0 unspecified atom stereocenters. The van der Waals surface area contributed by atoms with E-state index in [9.17, 15) is 19.2 Å². The first-order valence-corrected chi connectivity index (χ1v) is 16.1. The first-order valence-electron chi connectivity index (χ1n) is 16.1. The van der Waals surface area contributed by atoms with E-state index < -0.39 is 11.8 Å². The van der Waals surface area contributed by atoms with E-state index in [0.717, 1.165) is 10.6 Å². The molecule has 2 aliphatic heterocycles. The molecule has 0 aliphatic carbocycles. The van der Waals surface area contributed by atoms with E-state index in [2.05, 4.69) is 10.2 Å². The summed E-state index contributed by atoms with van der Waals surface area (Å²) in [7, 11) is 0. The monoisotopic (exact) mass is 688 g/mol. The number of nitrogens with one attached hydrogen (secondary N) is 1. The van der Waals surface area contributed by atoms with Crippen molar-refractivity contribution in [3.8, 4) is 0 Å². The molecule has 268 valence electrons. The zero-order chi connectivity index (χ0) is 34.7. The number of amides is 4. The number of ether oxygens (including phenoxy) is 6. The lowest BCUT2D eigenvalue weighted by Gasteiger charge is -2.14. The number of imide groups is 2. The average Bonchev–Trinajstić information content (AvgIpc) is 3.51. The molecular formula is C33H44N4O12. The van der Waals surface area contributed by atoms with Crippen LogP contribution < -0.4 is 11.2 Å². The Morgan fingerprint density at radius 1 is 0.531 bits per heavy atom. The third kappa shape index (κ3) is 11.4. The van der Waals surface area contributed by atoms with Gasteiger partial charge in [-0.1, -0.05) is 24.3 Å². The van der Waals surface area contributed by atoms with Gasteiger partial charge >= 0.3 is 0 Å². The maximum absolute atomic E-state index is 13.1. The maximum atomic E-state index is 13.1. The highest BCUT2D eigenvalue weighted by molar-refractivity contribution is 6.22. The van der Waals surface area contributed by atoms with Crippen LogP contribution >= 0.6 is 0 Å². The summed E-state index contributed by atoms with van der Waals surface area (Å²) >= 11 is 0. The molecule has 16 heteroatoms. The van der Waals surface area contributed by atoms with Crippen molar-refractivity contribution >= 4 is 23.6 Å². The Balaban J connectivity index is 0.992. The number of hydroxylamine groups is 2. The van der Waals surface area contributed by atoms with Gasteiger partial charge in [0.25, 0.3) is 23.6 Å². The van der Waals surface area contributed by atoms with Crippen molar-refractivity contribution in [1.29, 1.82) is 0 Å². The number of carbonyl (C=O) groups excluding carboxylic acids is 4. The summed E-state index contributed by atoms with van der Waals surface area (Å²) in [4.78, 5) is 61.4. The van der Waals surface area contributed by atoms with Crippen molar-refractivity contribution in [2.75, 3.05) is 106 Å². The molecule has 0 bridgehead atoms. The molecule has 2 aliphatic rings. The summed E-state index contributed by atoms with van der Waals surface area (Å²) in [5, 5.41) is 4.00. The molecule has 2 aromatic rings. The van der Waals surface area contributed by atoms with Crippen LogP contribution in [0.25, 0.3) is 0 Å². The van der Waals surface area contributed by atoms with E-state index in [1.54, 1.807) is 36.4 Å². The maximum Gasteiger partial charge on any atom is 0.285 e. The molecule has 0 atom stereocenters. The summed E-state index contributed by atoms with van der Waals surface area (Å²) in [5.74, 6) is 3.25. The molecule has 0 fully saturated rings. The largest absolute Gasteiger partial charge is 0.378 e. The molecular weight excluding hydrogens is 644 g/mol. The molecule has 49 heavy (non-hydrogen) atoms. The van der Waals surface area contributed by atoms with Crippen molar-refractivity contribution in [2.45, 2.75) is 6.54 Å². The van der Waals surface area contributed by atoms with E-state index in [1.165, 1.54) is 4.90 Å². The van der Waals surface area contributed by atoms with Crippen LogP contribution in [-0.4, -0.2) is 139 Å². The molecule has 2 heterocycles. The second kappa shape index (κ2) is 21.4. The molecule has 4 rings (SSSR count). The van der Waals surface area contributed by atoms with E-state index in [-0.39, 0.29) is 51.4 Å². The topological polar surface area (TPSA) is 187 Å². The second-order valence-corrected chi connectivity index (χ2v) is 10.6. The van der Waals surface area contributed by atoms with Crippen LogP contribution in [-0.2, 0) is 44.6 Å². The van der Waals surface area contributed by atoms with Crippen molar-refractivity contribution in [1.82, 2.24) is 15.3 Å².